The molecular formula is C10H9FN2O2. The summed E-state index contributed by atoms with van der Waals surface area (Å²) >= 11 is 0. The van der Waals surface area contributed by atoms with Crippen LogP contribution in [0.2, 0.25) is 0 Å². The van der Waals surface area contributed by atoms with E-state index in [9.17, 15) is 14.0 Å². The van der Waals surface area contributed by atoms with E-state index in [1.807, 2.05) is 0 Å². The molecule has 0 atom stereocenters. The zero-order valence-corrected chi connectivity index (χ0v) is 8.32. The van der Waals surface area contributed by atoms with Crippen molar-refractivity contribution in [2.45, 2.75) is 0 Å². The molecule has 0 amide bonds. The van der Waals surface area contributed by atoms with Crippen molar-refractivity contribution < 1.29 is 4.39 Å². The summed E-state index contributed by atoms with van der Waals surface area (Å²) in [6.07, 6.45) is 0. The van der Waals surface area contributed by atoms with Crippen LogP contribution in [0.5, 0.6) is 0 Å². The van der Waals surface area contributed by atoms with Crippen molar-refractivity contribution in [3.05, 3.63) is 44.9 Å². The van der Waals surface area contributed by atoms with Gasteiger partial charge in [-0.2, -0.15) is 0 Å². The highest BCUT2D eigenvalue weighted by atomic mass is 18.2. The Labute approximate surface area is 84.2 Å². The minimum Gasteiger partial charge on any atom is -0.296 e. The Morgan fingerprint density at radius 3 is 2.47 bits per heavy atom. The maximum Gasteiger partial charge on any atom is 0.330 e. The summed E-state index contributed by atoms with van der Waals surface area (Å²) in [5.74, 6) is -0.488. The Bertz CT molecular complexity index is 655. The molecule has 0 bridgehead atoms. The van der Waals surface area contributed by atoms with Gasteiger partial charge in [-0.25, -0.2) is 9.18 Å². The van der Waals surface area contributed by atoms with E-state index < -0.39 is 17.1 Å². The summed E-state index contributed by atoms with van der Waals surface area (Å²) in [5, 5.41) is 0.208. The number of hydrogen-bond donors (Lipinski definition) is 0. The third kappa shape index (κ3) is 1.27. The second kappa shape index (κ2) is 3.05. The first-order valence-electron chi connectivity index (χ1n) is 4.37. The van der Waals surface area contributed by atoms with E-state index in [2.05, 4.69) is 0 Å². The number of halogens is 1. The van der Waals surface area contributed by atoms with Crippen molar-refractivity contribution in [1.29, 1.82) is 0 Å². The third-order valence-corrected chi connectivity index (χ3v) is 2.43. The zero-order valence-electron chi connectivity index (χ0n) is 8.32. The van der Waals surface area contributed by atoms with Crippen LogP contribution in [0.3, 0.4) is 0 Å². The summed E-state index contributed by atoms with van der Waals surface area (Å²) in [5.41, 5.74) is -0.462. The molecule has 0 spiro atoms. The molecule has 15 heavy (non-hydrogen) atoms. The maximum absolute atomic E-state index is 12.9. The van der Waals surface area contributed by atoms with Gasteiger partial charge >= 0.3 is 5.69 Å². The largest absolute Gasteiger partial charge is 0.330 e. The SMILES string of the molecule is Cn1c(=O)c2cc([18F])ccc2n(C)c1=O. The van der Waals surface area contributed by atoms with E-state index in [0.717, 1.165) is 10.6 Å². The van der Waals surface area contributed by atoms with Crippen LogP contribution in [0.4, 0.5) is 4.39 Å². The van der Waals surface area contributed by atoms with Gasteiger partial charge in [-0.3, -0.25) is 13.9 Å². The van der Waals surface area contributed by atoms with Crippen LogP contribution in [-0.2, 0) is 14.1 Å². The molecule has 0 unspecified atom stereocenters. The van der Waals surface area contributed by atoms with Crippen molar-refractivity contribution in [3.63, 3.8) is 0 Å². The van der Waals surface area contributed by atoms with E-state index in [0.29, 0.717) is 5.52 Å². The van der Waals surface area contributed by atoms with Gasteiger partial charge in [0.25, 0.3) is 5.56 Å². The number of hydrogen-bond acceptors (Lipinski definition) is 2. The van der Waals surface area contributed by atoms with Gasteiger partial charge < -0.3 is 0 Å². The molecule has 78 valence electrons. The monoisotopic (exact) mass is 207 g/mol. The summed E-state index contributed by atoms with van der Waals surface area (Å²) < 4.78 is 15.2. The van der Waals surface area contributed by atoms with Crippen molar-refractivity contribution in [3.8, 4) is 0 Å². The first kappa shape index (κ1) is 9.64. The van der Waals surface area contributed by atoms with Crippen LogP contribution in [0.25, 0.3) is 10.9 Å². The highest BCUT2D eigenvalue weighted by Crippen LogP contribution is 2.08. The fraction of sp³-hybridized carbons (Fsp3) is 0.200. The molecule has 0 aliphatic rings. The summed E-state index contributed by atoms with van der Waals surface area (Å²) in [6.45, 7) is 0. The van der Waals surface area contributed by atoms with Crippen molar-refractivity contribution in [2.24, 2.45) is 14.1 Å². The molecule has 1 aromatic heterocycles. The number of fused-ring (bicyclic) bond motifs is 1. The standard InChI is InChI=1S/C10H9FN2O2/c1-12-8-4-3-6(11)5-7(8)9(14)13(2)10(12)15/h3-5H,1-2H3/i11-1. The molecule has 5 heteroatoms. The fourth-order valence-electron chi connectivity index (χ4n) is 1.57. The summed E-state index contributed by atoms with van der Waals surface area (Å²) in [4.78, 5) is 23.2. The Balaban J connectivity index is 3.15. The maximum atomic E-state index is 12.9. The van der Waals surface area contributed by atoms with E-state index in [4.69, 9.17) is 0 Å². The lowest BCUT2D eigenvalue weighted by Crippen LogP contribution is -2.36. The topological polar surface area (TPSA) is 44.0 Å². The lowest BCUT2D eigenvalue weighted by Gasteiger charge is -2.06. The fourth-order valence-corrected chi connectivity index (χ4v) is 1.57. The molecule has 0 N–H and O–H groups in total. The molecule has 2 aromatic rings. The van der Waals surface area contributed by atoms with Gasteiger partial charge in [-0.15, -0.1) is 0 Å². The second-order valence-corrected chi connectivity index (χ2v) is 3.37. The zero-order chi connectivity index (χ0) is 11.2. The molecule has 0 saturated carbocycles. The molecule has 4 nitrogen and oxygen atoms in total. The van der Waals surface area contributed by atoms with Crippen LogP contribution < -0.4 is 11.2 Å². The van der Waals surface area contributed by atoms with Gasteiger partial charge in [-0.05, 0) is 18.2 Å². The molecule has 1 aromatic carbocycles. The summed E-state index contributed by atoms with van der Waals surface area (Å²) in [7, 11) is 2.91. The lowest BCUT2D eigenvalue weighted by atomic mass is 10.2. The van der Waals surface area contributed by atoms with Crippen LogP contribution >= 0.6 is 0 Å². The molecule has 1 heterocycles. The number of aromatic nitrogens is 2. The van der Waals surface area contributed by atoms with Gasteiger partial charge in [0.15, 0.2) is 0 Å². The molecular weight excluding hydrogens is 198 g/mol. The van der Waals surface area contributed by atoms with Gasteiger partial charge in [0, 0.05) is 14.1 Å². The van der Waals surface area contributed by atoms with Crippen LogP contribution in [0, 0.1) is 5.82 Å². The first-order valence-corrected chi connectivity index (χ1v) is 4.37. The highest BCUT2D eigenvalue weighted by molar-refractivity contribution is 5.77. The smallest absolute Gasteiger partial charge is 0.296 e. The molecule has 2 rings (SSSR count). The van der Waals surface area contributed by atoms with Crippen molar-refractivity contribution in [2.75, 3.05) is 0 Å². The van der Waals surface area contributed by atoms with Gasteiger partial charge in [0.05, 0.1) is 10.9 Å². The molecule has 0 aliphatic carbocycles. The molecule has 0 radical (unpaired) electrons. The number of benzene rings is 1. The van der Waals surface area contributed by atoms with Gasteiger partial charge in [0.1, 0.15) is 5.82 Å². The predicted octanol–water partition coefficient (Wildman–Crippen LogP) is 0.376. The minimum atomic E-state index is -0.488. The van der Waals surface area contributed by atoms with Gasteiger partial charge in [-0.1, -0.05) is 0 Å². The van der Waals surface area contributed by atoms with E-state index in [-0.39, 0.29) is 5.39 Å². The summed E-state index contributed by atoms with van der Waals surface area (Å²) in [6, 6.07) is 3.78. The van der Waals surface area contributed by atoms with Crippen LogP contribution in [-0.4, -0.2) is 9.13 Å². The Morgan fingerprint density at radius 2 is 1.80 bits per heavy atom. The molecule has 0 aliphatic heterocycles. The lowest BCUT2D eigenvalue weighted by molar-refractivity contribution is 0.627. The van der Waals surface area contributed by atoms with Crippen molar-refractivity contribution in [1.82, 2.24) is 9.13 Å². The first-order chi connectivity index (χ1) is 7.02. The molecule has 0 fully saturated rings. The van der Waals surface area contributed by atoms with E-state index in [1.165, 1.54) is 23.7 Å². The Hall–Kier alpha value is -1.91. The average Bonchev–Trinajstić information content (AvgIpc) is 2.23. The predicted molar refractivity (Wildman–Crippen MR) is 54.4 cm³/mol. The normalized spacial score (nSPS) is 10.9. The Kier molecular flexibility index (Phi) is 1.96. The second-order valence-electron chi connectivity index (χ2n) is 3.37. The van der Waals surface area contributed by atoms with Crippen LogP contribution in [0.1, 0.15) is 0 Å². The highest BCUT2D eigenvalue weighted by Gasteiger charge is 2.08. The third-order valence-electron chi connectivity index (χ3n) is 2.43. The van der Waals surface area contributed by atoms with Gasteiger partial charge in [0.2, 0.25) is 0 Å². The molecule has 0 saturated heterocycles. The number of rotatable bonds is 0. The van der Waals surface area contributed by atoms with E-state index >= 15 is 0 Å². The quantitative estimate of drug-likeness (QED) is 0.626. The number of nitrogens with zero attached hydrogens (tertiary/aromatic N) is 2. The number of aryl methyl sites for hydroxylation is 1. The van der Waals surface area contributed by atoms with Crippen LogP contribution in [0.15, 0.2) is 27.8 Å². The van der Waals surface area contributed by atoms with Crippen molar-refractivity contribution >= 4 is 10.9 Å². The minimum absolute atomic E-state index is 0.208. The Morgan fingerprint density at radius 1 is 1.13 bits per heavy atom. The average molecular weight is 207 g/mol. The van der Waals surface area contributed by atoms with E-state index in [1.54, 1.807) is 7.05 Å².